The van der Waals surface area contributed by atoms with E-state index in [1.807, 2.05) is 0 Å². The van der Waals surface area contributed by atoms with E-state index >= 15 is 0 Å². The van der Waals surface area contributed by atoms with Crippen LogP contribution in [0.2, 0.25) is 0 Å². The molecule has 2 atom stereocenters. The summed E-state index contributed by atoms with van der Waals surface area (Å²) < 4.78 is 0. The second-order valence-electron chi connectivity index (χ2n) is 5.28. The van der Waals surface area contributed by atoms with E-state index in [0.717, 1.165) is 17.8 Å². The van der Waals surface area contributed by atoms with E-state index in [1.54, 1.807) is 0 Å². The maximum absolute atomic E-state index is 3.58. The fourth-order valence-electron chi connectivity index (χ4n) is 2.76. The average Bonchev–Trinajstić information content (AvgIpc) is 2.52. The smallest absolute Gasteiger partial charge is 0.00179 e. The van der Waals surface area contributed by atoms with E-state index in [4.69, 9.17) is 0 Å². The molecule has 0 bridgehead atoms. The Morgan fingerprint density at radius 2 is 1.93 bits per heavy atom. The van der Waals surface area contributed by atoms with E-state index in [-0.39, 0.29) is 0 Å². The Morgan fingerprint density at radius 1 is 1.21 bits per heavy atom. The zero-order chi connectivity index (χ0) is 10.4. The first-order valence-corrected chi connectivity index (χ1v) is 6.44. The normalized spacial score (nSPS) is 27.4. The fraction of sp³-hybridized carbons (Fsp3) is 1.00. The lowest BCUT2D eigenvalue weighted by atomic mass is 9.88. The molecule has 0 amide bonds. The van der Waals surface area contributed by atoms with Crippen molar-refractivity contribution in [3.63, 3.8) is 0 Å². The molecular formula is C13H27N. The van der Waals surface area contributed by atoms with Gasteiger partial charge in [0, 0.05) is 0 Å². The van der Waals surface area contributed by atoms with Crippen molar-refractivity contribution in [2.45, 2.75) is 52.9 Å². The lowest BCUT2D eigenvalue weighted by molar-refractivity contribution is 0.312. The van der Waals surface area contributed by atoms with Gasteiger partial charge in [0.1, 0.15) is 0 Å². The monoisotopic (exact) mass is 197 g/mol. The number of hydrogen-bond acceptors (Lipinski definition) is 1. The van der Waals surface area contributed by atoms with Crippen molar-refractivity contribution >= 4 is 0 Å². The molecule has 0 aromatic rings. The van der Waals surface area contributed by atoms with Crippen LogP contribution in [0.4, 0.5) is 0 Å². The second kappa shape index (κ2) is 6.44. The standard InChI is InChI=1S/C13H27N/c1-4-8-14-10-13-7-5-6-12(13)9-11(2)3/h11-14H,4-10H2,1-3H3. The minimum Gasteiger partial charge on any atom is -0.316 e. The summed E-state index contributed by atoms with van der Waals surface area (Å²) in [6.07, 6.45) is 7.13. The summed E-state index contributed by atoms with van der Waals surface area (Å²) in [5.74, 6) is 2.87. The van der Waals surface area contributed by atoms with Gasteiger partial charge in [-0.15, -0.1) is 0 Å². The highest BCUT2D eigenvalue weighted by atomic mass is 14.9. The van der Waals surface area contributed by atoms with Crippen LogP contribution in [0.5, 0.6) is 0 Å². The first kappa shape index (κ1) is 12.0. The van der Waals surface area contributed by atoms with E-state index in [2.05, 4.69) is 26.1 Å². The van der Waals surface area contributed by atoms with Gasteiger partial charge in [-0.05, 0) is 50.1 Å². The molecule has 0 spiro atoms. The number of nitrogens with one attached hydrogen (secondary N) is 1. The van der Waals surface area contributed by atoms with Crippen LogP contribution in [0.3, 0.4) is 0 Å². The van der Waals surface area contributed by atoms with Crippen LogP contribution in [0.1, 0.15) is 52.9 Å². The maximum atomic E-state index is 3.58. The van der Waals surface area contributed by atoms with Gasteiger partial charge in [-0.2, -0.15) is 0 Å². The quantitative estimate of drug-likeness (QED) is 0.643. The SMILES string of the molecule is CCCNCC1CCCC1CC(C)C. The molecule has 84 valence electrons. The molecule has 1 nitrogen and oxygen atoms in total. The Hall–Kier alpha value is -0.0400. The van der Waals surface area contributed by atoms with Crippen molar-refractivity contribution in [3.05, 3.63) is 0 Å². The minimum absolute atomic E-state index is 0.881. The van der Waals surface area contributed by atoms with Gasteiger partial charge in [0.2, 0.25) is 0 Å². The Kier molecular flexibility index (Phi) is 5.54. The van der Waals surface area contributed by atoms with Gasteiger partial charge in [-0.1, -0.05) is 33.6 Å². The molecule has 1 aliphatic rings. The molecule has 1 rings (SSSR count). The van der Waals surface area contributed by atoms with Crippen LogP contribution < -0.4 is 5.32 Å². The van der Waals surface area contributed by atoms with Crippen LogP contribution in [0, 0.1) is 17.8 Å². The van der Waals surface area contributed by atoms with Crippen LogP contribution in [0.25, 0.3) is 0 Å². The third-order valence-corrected chi connectivity index (χ3v) is 3.42. The van der Waals surface area contributed by atoms with Crippen LogP contribution in [-0.2, 0) is 0 Å². The summed E-state index contributed by atoms with van der Waals surface area (Å²) in [5.41, 5.74) is 0. The maximum Gasteiger partial charge on any atom is -0.00179 e. The summed E-state index contributed by atoms with van der Waals surface area (Å²) in [6.45, 7) is 9.42. The van der Waals surface area contributed by atoms with Gasteiger partial charge in [0.05, 0.1) is 0 Å². The first-order chi connectivity index (χ1) is 6.74. The Morgan fingerprint density at radius 3 is 2.57 bits per heavy atom. The van der Waals surface area contributed by atoms with E-state index in [9.17, 15) is 0 Å². The zero-order valence-electron chi connectivity index (χ0n) is 10.2. The lowest BCUT2D eigenvalue weighted by Crippen LogP contribution is -2.26. The van der Waals surface area contributed by atoms with E-state index in [1.165, 1.54) is 45.2 Å². The van der Waals surface area contributed by atoms with Crippen molar-refractivity contribution < 1.29 is 0 Å². The summed E-state index contributed by atoms with van der Waals surface area (Å²) in [4.78, 5) is 0. The highest BCUT2D eigenvalue weighted by Gasteiger charge is 2.26. The molecule has 1 saturated carbocycles. The fourth-order valence-corrected chi connectivity index (χ4v) is 2.76. The number of hydrogen-bond donors (Lipinski definition) is 1. The molecule has 1 heteroatoms. The van der Waals surface area contributed by atoms with Crippen LogP contribution in [-0.4, -0.2) is 13.1 Å². The molecule has 1 fully saturated rings. The molecule has 0 aromatic heterocycles. The minimum atomic E-state index is 0.881. The molecule has 0 heterocycles. The molecular weight excluding hydrogens is 170 g/mol. The summed E-state index contributed by atoms with van der Waals surface area (Å²) in [6, 6.07) is 0. The van der Waals surface area contributed by atoms with Crippen LogP contribution in [0.15, 0.2) is 0 Å². The molecule has 0 saturated heterocycles. The average molecular weight is 197 g/mol. The van der Waals surface area contributed by atoms with Crippen molar-refractivity contribution in [1.29, 1.82) is 0 Å². The summed E-state index contributed by atoms with van der Waals surface area (Å²) in [5, 5.41) is 3.58. The number of rotatable bonds is 6. The Labute approximate surface area is 89.7 Å². The Bertz CT molecular complexity index is 142. The largest absolute Gasteiger partial charge is 0.316 e. The molecule has 1 aliphatic carbocycles. The Balaban J connectivity index is 2.21. The third kappa shape index (κ3) is 4.00. The highest BCUT2D eigenvalue weighted by molar-refractivity contribution is 4.79. The molecule has 1 N–H and O–H groups in total. The van der Waals surface area contributed by atoms with Gasteiger partial charge >= 0.3 is 0 Å². The molecule has 2 unspecified atom stereocenters. The van der Waals surface area contributed by atoms with E-state index < -0.39 is 0 Å². The van der Waals surface area contributed by atoms with Gasteiger partial charge in [0.25, 0.3) is 0 Å². The van der Waals surface area contributed by atoms with E-state index in [0.29, 0.717) is 0 Å². The van der Waals surface area contributed by atoms with Gasteiger partial charge in [0.15, 0.2) is 0 Å². The third-order valence-electron chi connectivity index (χ3n) is 3.42. The molecule has 14 heavy (non-hydrogen) atoms. The topological polar surface area (TPSA) is 12.0 Å². The first-order valence-electron chi connectivity index (χ1n) is 6.44. The predicted molar refractivity (Wildman–Crippen MR) is 63.4 cm³/mol. The predicted octanol–water partition coefficient (Wildman–Crippen LogP) is 3.45. The highest BCUT2D eigenvalue weighted by Crippen LogP contribution is 2.35. The van der Waals surface area contributed by atoms with Crippen molar-refractivity contribution in [3.8, 4) is 0 Å². The molecule has 0 radical (unpaired) electrons. The van der Waals surface area contributed by atoms with Gasteiger partial charge in [-0.3, -0.25) is 0 Å². The summed E-state index contributed by atoms with van der Waals surface area (Å²) >= 11 is 0. The van der Waals surface area contributed by atoms with Crippen molar-refractivity contribution in [2.75, 3.05) is 13.1 Å². The second-order valence-corrected chi connectivity index (χ2v) is 5.28. The van der Waals surface area contributed by atoms with Gasteiger partial charge in [-0.25, -0.2) is 0 Å². The zero-order valence-corrected chi connectivity index (χ0v) is 10.2. The molecule has 0 aliphatic heterocycles. The lowest BCUT2D eigenvalue weighted by Gasteiger charge is -2.21. The van der Waals surface area contributed by atoms with Gasteiger partial charge < -0.3 is 5.32 Å². The van der Waals surface area contributed by atoms with Crippen molar-refractivity contribution in [1.82, 2.24) is 5.32 Å². The molecule has 0 aromatic carbocycles. The summed E-state index contributed by atoms with van der Waals surface area (Å²) in [7, 11) is 0. The van der Waals surface area contributed by atoms with Crippen LogP contribution >= 0.6 is 0 Å². The van der Waals surface area contributed by atoms with Crippen molar-refractivity contribution in [2.24, 2.45) is 17.8 Å².